The highest BCUT2D eigenvalue weighted by Gasteiger charge is 2.63. The number of rotatable bonds is 2. The Hall–Kier alpha value is -1.04. The molecule has 2 rings (SSSR count). The zero-order chi connectivity index (χ0) is 15.9. The van der Waals surface area contributed by atoms with Crippen molar-refractivity contribution in [2.24, 2.45) is 11.8 Å². The Labute approximate surface area is 131 Å². The van der Waals surface area contributed by atoms with Gasteiger partial charge in [-0.15, -0.1) is 0 Å². The summed E-state index contributed by atoms with van der Waals surface area (Å²) >= 11 is 0. The second-order valence-electron chi connectivity index (χ2n) is 7.85. The van der Waals surface area contributed by atoms with Crippen LogP contribution >= 0.6 is 0 Å². The molecule has 0 saturated heterocycles. The van der Waals surface area contributed by atoms with Crippen LogP contribution in [0.3, 0.4) is 0 Å². The van der Waals surface area contributed by atoms with Gasteiger partial charge in [-0.05, 0) is 30.3 Å². The van der Waals surface area contributed by atoms with Crippen molar-refractivity contribution in [3.63, 3.8) is 0 Å². The molecule has 0 aromatic heterocycles. The Morgan fingerprint density at radius 2 is 1.57 bits per heavy atom. The third kappa shape index (κ3) is 3.10. The summed E-state index contributed by atoms with van der Waals surface area (Å²) in [5.41, 5.74) is 0.834. The van der Waals surface area contributed by atoms with Gasteiger partial charge >= 0.3 is 0 Å². The third-order valence-corrected chi connectivity index (χ3v) is 9.86. The minimum Gasteiger partial charge on any atom is -0.400 e. The van der Waals surface area contributed by atoms with E-state index in [4.69, 9.17) is 4.43 Å². The molecule has 1 aliphatic carbocycles. The molecule has 1 aromatic rings. The van der Waals surface area contributed by atoms with Crippen LogP contribution in [0.15, 0.2) is 30.3 Å². The van der Waals surface area contributed by atoms with Gasteiger partial charge in [-0.2, -0.15) is 0 Å². The molecule has 21 heavy (non-hydrogen) atoms. The van der Waals surface area contributed by atoms with Gasteiger partial charge in [0.1, 0.15) is 5.60 Å². The van der Waals surface area contributed by atoms with Crippen molar-refractivity contribution in [3.05, 3.63) is 35.9 Å². The van der Waals surface area contributed by atoms with E-state index in [0.717, 1.165) is 5.56 Å². The van der Waals surface area contributed by atoms with Crippen LogP contribution < -0.4 is 0 Å². The molecule has 3 atom stereocenters. The van der Waals surface area contributed by atoms with Crippen LogP contribution in [0.2, 0.25) is 18.1 Å². The highest BCUT2D eigenvalue weighted by atomic mass is 28.4. The van der Waals surface area contributed by atoms with E-state index in [1.807, 2.05) is 18.2 Å². The molecule has 0 aliphatic heterocycles. The number of hydrogen-bond acceptors (Lipinski definition) is 1. The lowest BCUT2D eigenvalue weighted by Crippen LogP contribution is -2.45. The highest BCUT2D eigenvalue weighted by Crippen LogP contribution is 2.56. The van der Waals surface area contributed by atoms with E-state index in [9.17, 15) is 0 Å². The first-order valence-corrected chi connectivity index (χ1v) is 10.8. The quantitative estimate of drug-likeness (QED) is 0.546. The lowest BCUT2D eigenvalue weighted by atomic mass is 10.2. The van der Waals surface area contributed by atoms with Crippen LogP contribution in [0.1, 0.15) is 40.2 Å². The molecule has 0 heterocycles. The molecule has 1 aliphatic rings. The molecular formula is C19H28OSi. The smallest absolute Gasteiger partial charge is 0.194 e. The van der Waals surface area contributed by atoms with Crippen molar-refractivity contribution >= 4 is 8.32 Å². The van der Waals surface area contributed by atoms with Crippen molar-refractivity contribution in [1.29, 1.82) is 0 Å². The Bertz CT molecular complexity index is 549. The van der Waals surface area contributed by atoms with Crippen LogP contribution in [-0.4, -0.2) is 13.9 Å². The summed E-state index contributed by atoms with van der Waals surface area (Å²) in [5, 5.41) is 0.219. The molecule has 0 spiro atoms. The van der Waals surface area contributed by atoms with Gasteiger partial charge < -0.3 is 4.43 Å². The lowest BCUT2D eigenvalue weighted by molar-refractivity contribution is 0.189. The van der Waals surface area contributed by atoms with E-state index >= 15 is 0 Å². The maximum atomic E-state index is 6.71. The van der Waals surface area contributed by atoms with E-state index in [2.05, 4.69) is 71.7 Å². The zero-order valence-electron chi connectivity index (χ0n) is 14.4. The van der Waals surface area contributed by atoms with Crippen molar-refractivity contribution in [2.45, 2.75) is 58.4 Å². The average Bonchev–Trinajstić information content (AvgIpc) is 2.89. The predicted octanol–water partition coefficient (Wildman–Crippen LogP) is 5.08. The molecule has 0 bridgehead atoms. The van der Waals surface area contributed by atoms with Crippen LogP contribution in [-0.2, 0) is 4.43 Å². The van der Waals surface area contributed by atoms with Crippen LogP contribution in [0.5, 0.6) is 0 Å². The third-order valence-electron chi connectivity index (χ3n) is 5.40. The summed E-state index contributed by atoms with van der Waals surface area (Å²) in [4.78, 5) is 0. The fourth-order valence-electron chi connectivity index (χ4n) is 2.44. The largest absolute Gasteiger partial charge is 0.400 e. The van der Waals surface area contributed by atoms with E-state index in [0.29, 0.717) is 11.8 Å². The first kappa shape index (κ1) is 16.3. The van der Waals surface area contributed by atoms with Gasteiger partial charge in [-0.3, -0.25) is 0 Å². The normalized spacial score (nSPS) is 28.7. The summed E-state index contributed by atoms with van der Waals surface area (Å²) in [6.45, 7) is 16.0. The Morgan fingerprint density at radius 1 is 1.05 bits per heavy atom. The molecule has 1 aromatic carbocycles. The van der Waals surface area contributed by atoms with E-state index in [1.165, 1.54) is 0 Å². The Morgan fingerprint density at radius 3 is 2.00 bits per heavy atom. The minimum atomic E-state index is -1.80. The molecule has 1 fully saturated rings. The molecule has 1 nitrogen and oxygen atoms in total. The molecule has 0 amide bonds. The van der Waals surface area contributed by atoms with Gasteiger partial charge in [-0.1, -0.05) is 64.7 Å². The summed E-state index contributed by atoms with van der Waals surface area (Å²) in [7, 11) is -1.80. The molecule has 2 heteroatoms. The molecule has 114 valence electrons. The lowest BCUT2D eigenvalue weighted by Gasteiger charge is -2.39. The summed E-state index contributed by atoms with van der Waals surface area (Å²) < 4.78 is 6.71. The Kier molecular flexibility index (Phi) is 4.12. The fraction of sp³-hybridized carbons (Fsp3) is 0.579. The minimum absolute atomic E-state index is 0.219. The van der Waals surface area contributed by atoms with E-state index in [1.54, 1.807) is 0 Å². The van der Waals surface area contributed by atoms with Gasteiger partial charge in [0.2, 0.25) is 0 Å². The average molecular weight is 301 g/mol. The maximum Gasteiger partial charge on any atom is 0.194 e. The molecule has 1 saturated carbocycles. The standard InChI is InChI=1S/C19H28OSi/c1-15-16(2)19(15,20-21(6,7)18(3,4)5)14-13-17-11-9-8-10-12-17/h8-12,15-16H,1-7H3/t15-,16+,19?. The van der Waals surface area contributed by atoms with Crippen molar-refractivity contribution in [3.8, 4) is 11.8 Å². The molecule has 1 unspecified atom stereocenters. The predicted molar refractivity (Wildman–Crippen MR) is 92.7 cm³/mol. The second kappa shape index (κ2) is 5.30. The topological polar surface area (TPSA) is 9.23 Å². The maximum absolute atomic E-state index is 6.71. The molecule has 0 radical (unpaired) electrons. The molecule has 0 N–H and O–H groups in total. The summed E-state index contributed by atoms with van der Waals surface area (Å²) in [6.07, 6.45) is 0. The fourth-order valence-corrected chi connectivity index (χ4v) is 4.02. The highest BCUT2D eigenvalue weighted by molar-refractivity contribution is 6.74. The Balaban J connectivity index is 2.27. The monoisotopic (exact) mass is 300 g/mol. The first-order valence-electron chi connectivity index (χ1n) is 7.88. The van der Waals surface area contributed by atoms with Gasteiger partial charge in [0.05, 0.1) is 0 Å². The van der Waals surface area contributed by atoms with Crippen LogP contribution in [0, 0.1) is 23.7 Å². The van der Waals surface area contributed by atoms with Gasteiger partial charge in [0.15, 0.2) is 8.32 Å². The van der Waals surface area contributed by atoms with Crippen LogP contribution in [0.4, 0.5) is 0 Å². The van der Waals surface area contributed by atoms with Gasteiger partial charge in [-0.25, -0.2) is 0 Å². The summed E-state index contributed by atoms with van der Waals surface area (Å²) in [5.74, 6) is 7.84. The first-order chi connectivity index (χ1) is 9.60. The number of hydrogen-bond donors (Lipinski definition) is 0. The van der Waals surface area contributed by atoms with E-state index < -0.39 is 8.32 Å². The van der Waals surface area contributed by atoms with Gasteiger partial charge in [0.25, 0.3) is 0 Å². The second-order valence-corrected chi connectivity index (χ2v) is 12.6. The van der Waals surface area contributed by atoms with E-state index in [-0.39, 0.29) is 10.6 Å². The van der Waals surface area contributed by atoms with Crippen molar-refractivity contribution in [2.75, 3.05) is 0 Å². The molecular weight excluding hydrogens is 272 g/mol. The van der Waals surface area contributed by atoms with Gasteiger partial charge in [0, 0.05) is 17.4 Å². The SMILES string of the molecule is C[C@@H]1[C@H](C)C1(C#Cc1ccccc1)O[Si](C)(C)C(C)(C)C. The van der Waals surface area contributed by atoms with Crippen LogP contribution in [0.25, 0.3) is 0 Å². The van der Waals surface area contributed by atoms with Crippen molar-refractivity contribution < 1.29 is 4.43 Å². The van der Waals surface area contributed by atoms with Crippen molar-refractivity contribution in [1.82, 2.24) is 0 Å². The zero-order valence-corrected chi connectivity index (χ0v) is 15.4. The summed E-state index contributed by atoms with van der Waals surface area (Å²) in [6, 6.07) is 10.2. The number of benzene rings is 1.